The van der Waals surface area contributed by atoms with Gasteiger partial charge in [0.05, 0.1) is 11.0 Å². The van der Waals surface area contributed by atoms with Crippen LogP contribution >= 0.6 is 0 Å². The number of para-hydroxylation sites is 4. The van der Waals surface area contributed by atoms with Gasteiger partial charge in [0.2, 0.25) is 5.89 Å². The van der Waals surface area contributed by atoms with E-state index >= 15 is 0 Å². The Kier molecular flexibility index (Phi) is 2.76. The molecule has 0 aliphatic heterocycles. The molecule has 0 spiro atoms. The molecule has 4 saturated carbocycles. The van der Waals surface area contributed by atoms with Crippen molar-refractivity contribution in [2.45, 2.75) is 49.4 Å². The van der Waals surface area contributed by atoms with Crippen LogP contribution in [0.15, 0.2) is 52.9 Å². The standard InChI is InChI=1S/C24H23N3O/c1-2-6-18-17(5-1)25-21(26-18)23-10-15-9-16(11-23)13-24(12-15,14-23)22-27-19-7-3-4-8-20(19)28-22/h1-8,15-16H,9-14H2,(H,25,26). The predicted octanol–water partition coefficient (Wildman–Crippen LogP) is 5.49. The number of hydrogen-bond acceptors (Lipinski definition) is 3. The first kappa shape index (κ1) is 15.3. The van der Waals surface area contributed by atoms with Crippen molar-refractivity contribution in [2.24, 2.45) is 11.8 Å². The second kappa shape index (κ2) is 5.05. The second-order valence-electron chi connectivity index (χ2n) is 9.61. The highest BCUT2D eigenvalue weighted by Gasteiger charge is 2.61. The van der Waals surface area contributed by atoms with E-state index in [1.54, 1.807) is 0 Å². The third-order valence-corrected chi connectivity index (χ3v) is 7.70. The second-order valence-corrected chi connectivity index (χ2v) is 9.61. The Labute approximate surface area is 163 Å². The van der Waals surface area contributed by atoms with Crippen LogP contribution < -0.4 is 0 Å². The van der Waals surface area contributed by atoms with Gasteiger partial charge in [0.25, 0.3) is 0 Å². The monoisotopic (exact) mass is 369 g/mol. The first-order valence-corrected chi connectivity index (χ1v) is 10.5. The van der Waals surface area contributed by atoms with Crippen molar-refractivity contribution in [1.82, 2.24) is 15.0 Å². The van der Waals surface area contributed by atoms with Crippen molar-refractivity contribution in [3.8, 4) is 0 Å². The number of benzene rings is 2. The van der Waals surface area contributed by atoms with Crippen LogP contribution in [-0.4, -0.2) is 15.0 Å². The van der Waals surface area contributed by atoms with E-state index in [-0.39, 0.29) is 10.8 Å². The number of nitrogens with zero attached hydrogens (tertiary/aromatic N) is 2. The van der Waals surface area contributed by atoms with Crippen LogP contribution in [0.4, 0.5) is 0 Å². The summed E-state index contributed by atoms with van der Waals surface area (Å²) in [6.07, 6.45) is 7.43. The van der Waals surface area contributed by atoms with E-state index in [0.29, 0.717) is 0 Å². The van der Waals surface area contributed by atoms with Gasteiger partial charge in [-0.05, 0) is 74.6 Å². The van der Waals surface area contributed by atoms with Crippen LogP contribution in [0.5, 0.6) is 0 Å². The first-order chi connectivity index (χ1) is 13.7. The fourth-order valence-corrected chi connectivity index (χ4v) is 7.09. The number of imidazole rings is 1. The summed E-state index contributed by atoms with van der Waals surface area (Å²) < 4.78 is 6.35. The lowest BCUT2D eigenvalue weighted by molar-refractivity contribution is -0.0417. The van der Waals surface area contributed by atoms with Crippen LogP contribution in [0, 0.1) is 11.8 Å². The molecule has 2 aromatic carbocycles. The van der Waals surface area contributed by atoms with Gasteiger partial charge in [0.1, 0.15) is 11.3 Å². The highest BCUT2D eigenvalue weighted by molar-refractivity contribution is 5.75. The lowest BCUT2D eigenvalue weighted by Gasteiger charge is -2.60. The minimum absolute atomic E-state index is 0.0715. The van der Waals surface area contributed by atoms with Crippen molar-refractivity contribution in [3.05, 3.63) is 60.2 Å². The van der Waals surface area contributed by atoms with Gasteiger partial charge in [0.15, 0.2) is 5.58 Å². The molecule has 4 bridgehead atoms. The molecule has 28 heavy (non-hydrogen) atoms. The predicted molar refractivity (Wildman–Crippen MR) is 108 cm³/mol. The Morgan fingerprint density at radius 3 is 2.32 bits per heavy atom. The average molecular weight is 369 g/mol. The molecule has 4 fully saturated rings. The maximum Gasteiger partial charge on any atom is 0.201 e. The normalized spacial score (nSPS) is 33.9. The summed E-state index contributed by atoms with van der Waals surface area (Å²) in [5.41, 5.74) is 4.37. The molecule has 1 N–H and O–H groups in total. The molecule has 2 unspecified atom stereocenters. The zero-order valence-corrected chi connectivity index (χ0v) is 15.8. The molecule has 4 aromatic rings. The molecular formula is C24H23N3O. The van der Waals surface area contributed by atoms with Gasteiger partial charge in [0, 0.05) is 10.8 Å². The Hall–Kier alpha value is -2.62. The van der Waals surface area contributed by atoms with Gasteiger partial charge in [-0.1, -0.05) is 24.3 Å². The van der Waals surface area contributed by atoms with Crippen LogP contribution in [0.2, 0.25) is 0 Å². The fourth-order valence-electron chi connectivity index (χ4n) is 7.09. The number of fused-ring (bicyclic) bond motifs is 2. The van der Waals surface area contributed by atoms with E-state index in [0.717, 1.165) is 46.3 Å². The van der Waals surface area contributed by atoms with Gasteiger partial charge in [-0.2, -0.15) is 0 Å². The molecule has 8 rings (SSSR count). The van der Waals surface area contributed by atoms with Gasteiger partial charge in [-0.15, -0.1) is 0 Å². The Morgan fingerprint density at radius 2 is 1.54 bits per heavy atom. The van der Waals surface area contributed by atoms with Crippen molar-refractivity contribution in [2.75, 3.05) is 0 Å². The lowest BCUT2D eigenvalue weighted by atomic mass is 9.44. The zero-order chi connectivity index (χ0) is 18.3. The number of nitrogens with one attached hydrogen (secondary N) is 1. The summed E-state index contributed by atoms with van der Waals surface area (Å²) in [5, 5.41) is 0. The largest absolute Gasteiger partial charge is 0.440 e. The molecule has 4 nitrogen and oxygen atoms in total. The number of aromatic amines is 1. The van der Waals surface area contributed by atoms with Crippen LogP contribution in [0.3, 0.4) is 0 Å². The van der Waals surface area contributed by atoms with Gasteiger partial charge >= 0.3 is 0 Å². The average Bonchev–Trinajstić information content (AvgIpc) is 3.32. The summed E-state index contributed by atoms with van der Waals surface area (Å²) in [5.74, 6) is 3.68. The number of rotatable bonds is 2. The number of aromatic nitrogens is 3. The van der Waals surface area contributed by atoms with E-state index in [1.807, 2.05) is 18.2 Å². The molecule has 4 heteroatoms. The minimum Gasteiger partial charge on any atom is -0.440 e. The van der Waals surface area contributed by atoms with E-state index in [9.17, 15) is 0 Å². The molecule has 2 aromatic heterocycles. The maximum atomic E-state index is 6.35. The molecule has 0 amide bonds. The quantitative estimate of drug-likeness (QED) is 0.508. The van der Waals surface area contributed by atoms with Gasteiger partial charge in [-0.3, -0.25) is 0 Å². The molecule has 0 saturated heterocycles. The fraction of sp³-hybridized carbons (Fsp3) is 0.417. The Morgan fingerprint density at radius 1 is 0.821 bits per heavy atom. The molecule has 4 aliphatic rings. The third kappa shape index (κ3) is 1.96. The van der Waals surface area contributed by atoms with E-state index in [2.05, 4.69) is 35.3 Å². The molecular weight excluding hydrogens is 346 g/mol. The molecule has 2 heterocycles. The smallest absolute Gasteiger partial charge is 0.201 e. The highest BCUT2D eigenvalue weighted by atomic mass is 16.3. The summed E-state index contributed by atoms with van der Waals surface area (Å²) in [4.78, 5) is 13.7. The molecule has 2 atom stereocenters. The van der Waals surface area contributed by atoms with Gasteiger partial charge < -0.3 is 9.40 Å². The van der Waals surface area contributed by atoms with Crippen molar-refractivity contribution in [1.29, 1.82) is 0 Å². The third-order valence-electron chi connectivity index (χ3n) is 7.70. The van der Waals surface area contributed by atoms with Crippen LogP contribution in [0.25, 0.3) is 22.1 Å². The van der Waals surface area contributed by atoms with E-state index in [1.165, 1.54) is 37.9 Å². The number of H-pyrrole nitrogens is 1. The van der Waals surface area contributed by atoms with Crippen molar-refractivity contribution < 1.29 is 4.42 Å². The van der Waals surface area contributed by atoms with Crippen LogP contribution in [0.1, 0.15) is 50.2 Å². The maximum absolute atomic E-state index is 6.35. The SMILES string of the molecule is c1ccc2[nH]c(C34CC5CC(C3)CC(c3nc6ccccc6o3)(C5)C4)nc2c1. The van der Waals surface area contributed by atoms with Crippen molar-refractivity contribution in [3.63, 3.8) is 0 Å². The molecule has 0 radical (unpaired) electrons. The van der Waals surface area contributed by atoms with Crippen molar-refractivity contribution >= 4 is 22.1 Å². The highest BCUT2D eigenvalue weighted by Crippen LogP contribution is 2.65. The van der Waals surface area contributed by atoms with Crippen LogP contribution in [-0.2, 0) is 10.8 Å². The summed E-state index contributed by atoms with van der Waals surface area (Å²) in [7, 11) is 0. The van der Waals surface area contributed by atoms with E-state index in [4.69, 9.17) is 14.4 Å². The first-order valence-electron chi connectivity index (χ1n) is 10.5. The number of hydrogen-bond donors (Lipinski definition) is 1. The Bertz CT molecular complexity index is 1050. The van der Waals surface area contributed by atoms with E-state index < -0.39 is 0 Å². The zero-order valence-electron chi connectivity index (χ0n) is 15.8. The summed E-state index contributed by atoms with van der Waals surface area (Å²) in [6.45, 7) is 0. The van der Waals surface area contributed by atoms with Gasteiger partial charge in [-0.25, -0.2) is 9.97 Å². The summed E-state index contributed by atoms with van der Waals surface area (Å²) >= 11 is 0. The Balaban J connectivity index is 1.38. The topological polar surface area (TPSA) is 54.7 Å². The number of oxazole rings is 1. The minimum atomic E-state index is 0.0715. The molecule has 4 aliphatic carbocycles. The summed E-state index contributed by atoms with van der Waals surface area (Å²) in [6, 6.07) is 16.6. The molecule has 140 valence electrons. The lowest BCUT2D eigenvalue weighted by Crippen LogP contribution is -2.56.